The molecular formula is C15H18F3NOS. The topological polar surface area (TPSA) is 36.0 Å². The highest BCUT2D eigenvalue weighted by molar-refractivity contribution is 7.99. The van der Waals surface area contributed by atoms with E-state index in [-0.39, 0.29) is 5.56 Å². The molecule has 0 bridgehead atoms. The van der Waals surface area contributed by atoms with Crippen molar-refractivity contribution in [3.8, 4) is 0 Å². The van der Waals surface area contributed by atoms with Gasteiger partial charge >= 0.3 is 6.18 Å². The zero-order chi connectivity index (χ0) is 15.8. The van der Waals surface area contributed by atoms with Crippen molar-refractivity contribution in [2.45, 2.75) is 32.5 Å². The minimum absolute atomic E-state index is 0.183. The molecule has 0 aliphatic heterocycles. The van der Waals surface area contributed by atoms with Crippen molar-refractivity contribution in [3.05, 3.63) is 35.0 Å². The molecule has 1 unspecified atom stereocenters. The highest BCUT2D eigenvalue weighted by Gasteiger charge is 2.33. The van der Waals surface area contributed by atoms with Crippen molar-refractivity contribution < 1.29 is 18.3 Å². The molecular weight excluding hydrogens is 299 g/mol. The minimum atomic E-state index is -4.37. The van der Waals surface area contributed by atoms with Crippen LogP contribution in [0.25, 0.3) is 10.9 Å². The van der Waals surface area contributed by atoms with Crippen molar-refractivity contribution in [2.24, 2.45) is 0 Å². The number of thioether (sulfide) groups is 1. The monoisotopic (exact) mass is 317 g/mol. The molecule has 0 saturated heterocycles. The van der Waals surface area contributed by atoms with E-state index in [9.17, 15) is 18.3 Å². The van der Waals surface area contributed by atoms with Crippen molar-refractivity contribution >= 4 is 22.7 Å². The van der Waals surface area contributed by atoms with Crippen LogP contribution in [0.5, 0.6) is 0 Å². The fourth-order valence-corrected chi connectivity index (χ4v) is 3.03. The fraction of sp³-hybridized carbons (Fsp3) is 0.467. The lowest BCUT2D eigenvalue weighted by Gasteiger charge is -2.21. The first-order chi connectivity index (χ1) is 9.65. The van der Waals surface area contributed by atoms with Gasteiger partial charge in [0.2, 0.25) is 0 Å². The molecule has 0 aliphatic carbocycles. The Morgan fingerprint density at radius 3 is 2.48 bits per heavy atom. The Kier molecular flexibility index (Phi) is 4.31. The highest BCUT2D eigenvalue weighted by atomic mass is 32.2. The Morgan fingerprint density at radius 2 is 1.90 bits per heavy atom. The van der Waals surface area contributed by atoms with E-state index in [1.807, 2.05) is 6.92 Å². The Balaban J connectivity index is 2.47. The van der Waals surface area contributed by atoms with E-state index in [1.165, 1.54) is 13.0 Å². The summed E-state index contributed by atoms with van der Waals surface area (Å²) >= 11 is 1.58. The van der Waals surface area contributed by atoms with Gasteiger partial charge < -0.3 is 10.1 Å². The molecule has 0 amide bonds. The molecule has 0 radical (unpaired) electrons. The molecule has 21 heavy (non-hydrogen) atoms. The molecule has 116 valence electrons. The first-order valence-electron chi connectivity index (χ1n) is 6.66. The summed E-state index contributed by atoms with van der Waals surface area (Å²) < 4.78 is 38.8. The summed E-state index contributed by atoms with van der Waals surface area (Å²) in [6.07, 6.45) is -4.37. The number of nitrogens with one attached hydrogen (secondary N) is 1. The van der Waals surface area contributed by atoms with E-state index in [0.29, 0.717) is 22.3 Å². The summed E-state index contributed by atoms with van der Waals surface area (Å²) in [4.78, 5) is 2.92. The Labute approximate surface area is 125 Å². The number of aromatic nitrogens is 1. The van der Waals surface area contributed by atoms with Crippen molar-refractivity contribution in [2.75, 3.05) is 11.5 Å². The molecule has 2 nitrogen and oxygen atoms in total. The van der Waals surface area contributed by atoms with Gasteiger partial charge in [-0.1, -0.05) is 6.92 Å². The fourth-order valence-electron chi connectivity index (χ4n) is 2.27. The third kappa shape index (κ3) is 3.37. The van der Waals surface area contributed by atoms with Gasteiger partial charge in [0.05, 0.1) is 5.56 Å². The first-order valence-corrected chi connectivity index (χ1v) is 7.82. The van der Waals surface area contributed by atoms with Gasteiger partial charge in [-0.3, -0.25) is 0 Å². The van der Waals surface area contributed by atoms with Gasteiger partial charge in [-0.05, 0) is 43.4 Å². The maximum Gasteiger partial charge on any atom is 0.416 e. The largest absolute Gasteiger partial charge is 0.416 e. The molecule has 2 N–H and O–H groups in total. The van der Waals surface area contributed by atoms with Crippen LogP contribution in [0.1, 0.15) is 30.7 Å². The van der Waals surface area contributed by atoms with E-state index in [0.717, 1.165) is 11.8 Å². The highest BCUT2D eigenvalue weighted by Crippen LogP contribution is 2.35. The van der Waals surface area contributed by atoms with E-state index in [4.69, 9.17) is 0 Å². The standard InChI is InChI=1S/C15H18F3NOS/c1-4-21-8-14(3,20)13-6-10-5-9(2)11(15(16,17)18)7-12(10)19-13/h5-7,19-20H,4,8H2,1-3H3. The van der Waals surface area contributed by atoms with E-state index >= 15 is 0 Å². The van der Waals surface area contributed by atoms with Crippen LogP contribution in [0.2, 0.25) is 0 Å². The summed E-state index contributed by atoms with van der Waals surface area (Å²) in [5.41, 5.74) is -0.623. The molecule has 0 spiro atoms. The number of aliphatic hydroxyl groups is 1. The molecule has 1 heterocycles. The van der Waals surface area contributed by atoms with Crippen LogP contribution < -0.4 is 0 Å². The lowest BCUT2D eigenvalue weighted by atomic mass is 10.0. The van der Waals surface area contributed by atoms with Crippen LogP contribution in [0.4, 0.5) is 13.2 Å². The van der Waals surface area contributed by atoms with E-state index in [2.05, 4.69) is 4.98 Å². The summed E-state index contributed by atoms with van der Waals surface area (Å²) in [5.74, 6) is 1.36. The summed E-state index contributed by atoms with van der Waals surface area (Å²) in [5, 5.41) is 11.1. The van der Waals surface area contributed by atoms with Gasteiger partial charge in [0, 0.05) is 22.3 Å². The first kappa shape index (κ1) is 16.2. The summed E-state index contributed by atoms with van der Waals surface area (Å²) in [6, 6.07) is 4.33. The predicted molar refractivity (Wildman–Crippen MR) is 80.6 cm³/mol. The van der Waals surface area contributed by atoms with Gasteiger partial charge in [-0.25, -0.2) is 0 Å². The SMILES string of the molecule is CCSCC(C)(O)c1cc2cc(C)c(C(F)(F)F)cc2[nH]1. The molecule has 2 aromatic rings. The molecule has 6 heteroatoms. The van der Waals surface area contributed by atoms with Gasteiger partial charge in [0.25, 0.3) is 0 Å². The molecule has 1 atom stereocenters. The second kappa shape index (κ2) is 5.57. The average molecular weight is 317 g/mol. The van der Waals surface area contributed by atoms with Crippen molar-refractivity contribution in [1.29, 1.82) is 0 Å². The predicted octanol–water partition coefficient (Wildman–Crippen LogP) is 4.46. The number of hydrogen-bond donors (Lipinski definition) is 2. The lowest BCUT2D eigenvalue weighted by Crippen LogP contribution is -2.24. The smallest absolute Gasteiger partial charge is 0.383 e. The number of aromatic amines is 1. The zero-order valence-corrected chi connectivity index (χ0v) is 13.0. The molecule has 1 aromatic carbocycles. The summed E-state index contributed by atoms with van der Waals surface area (Å²) in [6.45, 7) is 5.10. The normalized spacial score (nSPS) is 15.4. The quantitative estimate of drug-likeness (QED) is 0.873. The average Bonchev–Trinajstić information content (AvgIpc) is 2.77. The van der Waals surface area contributed by atoms with Crippen LogP contribution in [0.15, 0.2) is 18.2 Å². The number of halogens is 3. The molecule has 0 saturated carbocycles. The molecule has 1 aromatic heterocycles. The van der Waals surface area contributed by atoms with Gasteiger partial charge in [0.15, 0.2) is 0 Å². The maximum absolute atomic E-state index is 12.9. The van der Waals surface area contributed by atoms with Crippen molar-refractivity contribution in [3.63, 3.8) is 0 Å². The Morgan fingerprint density at radius 1 is 1.24 bits per heavy atom. The second-order valence-corrected chi connectivity index (χ2v) is 6.62. The maximum atomic E-state index is 12.9. The molecule has 2 rings (SSSR count). The van der Waals surface area contributed by atoms with Crippen molar-refractivity contribution in [1.82, 2.24) is 4.98 Å². The van der Waals surface area contributed by atoms with Crippen LogP contribution in [0, 0.1) is 6.92 Å². The third-order valence-corrected chi connectivity index (χ3v) is 4.61. The Hall–Kier alpha value is -1.14. The number of H-pyrrole nitrogens is 1. The number of benzene rings is 1. The van der Waals surface area contributed by atoms with Crippen LogP contribution >= 0.6 is 11.8 Å². The number of fused-ring (bicyclic) bond motifs is 1. The lowest BCUT2D eigenvalue weighted by molar-refractivity contribution is -0.137. The van der Waals surface area contributed by atoms with Crippen LogP contribution in [-0.4, -0.2) is 21.6 Å². The minimum Gasteiger partial charge on any atom is -0.383 e. The zero-order valence-electron chi connectivity index (χ0n) is 12.1. The van der Waals surface area contributed by atoms with Gasteiger partial charge in [-0.2, -0.15) is 24.9 Å². The van der Waals surface area contributed by atoms with Gasteiger partial charge in [0.1, 0.15) is 5.60 Å². The summed E-state index contributed by atoms with van der Waals surface area (Å²) in [7, 11) is 0. The van der Waals surface area contributed by atoms with Crippen LogP contribution in [-0.2, 0) is 11.8 Å². The van der Waals surface area contributed by atoms with Gasteiger partial charge in [-0.15, -0.1) is 0 Å². The second-order valence-electron chi connectivity index (χ2n) is 5.35. The van der Waals surface area contributed by atoms with E-state index < -0.39 is 17.3 Å². The number of hydrogen-bond acceptors (Lipinski definition) is 2. The van der Waals surface area contributed by atoms with E-state index in [1.54, 1.807) is 24.8 Å². The molecule has 0 fully saturated rings. The number of aryl methyl sites for hydroxylation is 1. The van der Waals surface area contributed by atoms with Crippen LogP contribution in [0.3, 0.4) is 0 Å². The Bertz CT molecular complexity index is 646. The number of alkyl halides is 3. The number of rotatable bonds is 4. The molecule has 0 aliphatic rings. The third-order valence-electron chi connectivity index (χ3n) is 3.44.